The number of nitrogens with one attached hydrogen (secondary N) is 1. The summed E-state index contributed by atoms with van der Waals surface area (Å²) in [5, 5.41) is 2.62. The summed E-state index contributed by atoms with van der Waals surface area (Å²) in [5.74, 6) is -1.54. The molecule has 0 spiro atoms. The number of carbonyl (C=O) groups excluding carboxylic acids is 3. The van der Waals surface area contributed by atoms with Gasteiger partial charge in [-0.2, -0.15) is 0 Å². The zero-order chi connectivity index (χ0) is 23.0. The Morgan fingerprint density at radius 1 is 1.16 bits per heavy atom. The van der Waals surface area contributed by atoms with E-state index in [1.807, 2.05) is 51.1 Å². The van der Waals surface area contributed by atoms with Crippen molar-refractivity contribution in [3.8, 4) is 0 Å². The van der Waals surface area contributed by atoms with Gasteiger partial charge in [0.25, 0.3) is 5.91 Å². The molecule has 2 aromatic carbocycles. The molecule has 0 aromatic heterocycles. The number of carbonyl (C=O) groups is 3. The van der Waals surface area contributed by atoms with Crippen LogP contribution in [0, 0.1) is 5.82 Å². The van der Waals surface area contributed by atoms with Crippen LogP contribution in [-0.4, -0.2) is 39.7 Å². The topological polar surface area (TPSA) is 69.7 Å². The van der Waals surface area contributed by atoms with Gasteiger partial charge in [0.1, 0.15) is 17.9 Å². The van der Waals surface area contributed by atoms with Gasteiger partial charge in [-0.15, -0.1) is 0 Å². The van der Waals surface area contributed by atoms with E-state index in [0.717, 1.165) is 16.5 Å². The van der Waals surface area contributed by atoms with Crippen molar-refractivity contribution in [3.63, 3.8) is 0 Å². The van der Waals surface area contributed by atoms with Crippen LogP contribution >= 0.6 is 11.6 Å². The standard InChI is InChI=1S/C23H25ClFN3O3/c1-22(2,3)28(13-15-8-6-5-7-9-15)19(29)14-27-20(30)23(4,26-21(27)31)17-11-10-16(25)12-18(17)24/h5-12H,13-14H2,1-4H3,(H,26,31). The first-order valence-electron chi connectivity index (χ1n) is 9.87. The van der Waals surface area contributed by atoms with Crippen LogP contribution in [0.3, 0.4) is 0 Å². The van der Waals surface area contributed by atoms with E-state index in [0.29, 0.717) is 6.54 Å². The second-order valence-electron chi connectivity index (χ2n) is 8.71. The Bertz CT molecular complexity index is 1020. The number of hydrogen-bond donors (Lipinski definition) is 1. The molecule has 8 heteroatoms. The SMILES string of the molecule is CC1(c2ccc(F)cc2Cl)NC(=O)N(CC(=O)N(Cc2ccccc2)C(C)(C)C)C1=O. The van der Waals surface area contributed by atoms with E-state index in [4.69, 9.17) is 11.6 Å². The number of amides is 4. The van der Waals surface area contributed by atoms with Crippen molar-refractivity contribution in [3.05, 3.63) is 70.5 Å². The van der Waals surface area contributed by atoms with Crippen LogP contribution in [0.5, 0.6) is 0 Å². The highest BCUT2D eigenvalue weighted by Gasteiger charge is 2.51. The summed E-state index contributed by atoms with van der Waals surface area (Å²) in [6.07, 6.45) is 0. The fourth-order valence-corrected chi connectivity index (χ4v) is 3.96. The largest absolute Gasteiger partial charge is 0.332 e. The van der Waals surface area contributed by atoms with Gasteiger partial charge in [-0.3, -0.25) is 14.5 Å². The summed E-state index contributed by atoms with van der Waals surface area (Å²) < 4.78 is 13.4. The lowest BCUT2D eigenvalue weighted by atomic mass is 9.92. The van der Waals surface area contributed by atoms with Gasteiger partial charge in [0, 0.05) is 22.7 Å². The zero-order valence-electron chi connectivity index (χ0n) is 17.9. The molecule has 2 aromatic rings. The quantitative estimate of drug-likeness (QED) is 0.705. The average molecular weight is 446 g/mol. The number of benzene rings is 2. The van der Waals surface area contributed by atoms with Crippen LogP contribution in [0.25, 0.3) is 0 Å². The maximum Gasteiger partial charge on any atom is 0.325 e. The van der Waals surface area contributed by atoms with E-state index >= 15 is 0 Å². The van der Waals surface area contributed by atoms with Crippen LogP contribution in [0.1, 0.15) is 38.8 Å². The smallest absolute Gasteiger partial charge is 0.325 e. The van der Waals surface area contributed by atoms with E-state index < -0.39 is 35.4 Å². The number of imide groups is 1. The van der Waals surface area contributed by atoms with Gasteiger partial charge < -0.3 is 10.2 Å². The van der Waals surface area contributed by atoms with Gasteiger partial charge in [0.05, 0.1) is 0 Å². The number of halogens is 2. The molecule has 0 radical (unpaired) electrons. The lowest BCUT2D eigenvalue weighted by Crippen LogP contribution is -2.50. The van der Waals surface area contributed by atoms with Crippen LogP contribution in [0.15, 0.2) is 48.5 Å². The minimum Gasteiger partial charge on any atom is -0.332 e. The van der Waals surface area contributed by atoms with Crippen molar-refractivity contribution in [2.24, 2.45) is 0 Å². The van der Waals surface area contributed by atoms with E-state index in [-0.39, 0.29) is 16.5 Å². The van der Waals surface area contributed by atoms with E-state index in [9.17, 15) is 18.8 Å². The summed E-state index contributed by atoms with van der Waals surface area (Å²) in [6.45, 7) is 7.09. The number of hydrogen-bond acceptors (Lipinski definition) is 3. The van der Waals surface area contributed by atoms with Crippen LogP contribution in [0.2, 0.25) is 5.02 Å². The zero-order valence-corrected chi connectivity index (χ0v) is 18.7. The molecule has 1 heterocycles. The van der Waals surface area contributed by atoms with E-state index in [1.54, 1.807) is 4.90 Å². The van der Waals surface area contributed by atoms with Gasteiger partial charge in [0.15, 0.2) is 0 Å². The first kappa shape index (κ1) is 22.7. The summed E-state index contributed by atoms with van der Waals surface area (Å²) in [5.41, 5.74) is -0.823. The molecule has 1 fully saturated rings. The molecule has 6 nitrogen and oxygen atoms in total. The third-order valence-corrected chi connectivity index (χ3v) is 5.65. The molecule has 0 aliphatic carbocycles. The normalized spacial score (nSPS) is 18.8. The third kappa shape index (κ3) is 4.56. The lowest BCUT2D eigenvalue weighted by Gasteiger charge is -2.36. The summed E-state index contributed by atoms with van der Waals surface area (Å²) in [6, 6.07) is 12.4. The number of nitrogens with zero attached hydrogens (tertiary/aromatic N) is 2. The molecule has 164 valence electrons. The molecule has 0 bridgehead atoms. The predicted molar refractivity (Wildman–Crippen MR) is 116 cm³/mol. The average Bonchev–Trinajstić information content (AvgIpc) is 2.89. The Morgan fingerprint density at radius 2 is 1.81 bits per heavy atom. The second kappa shape index (κ2) is 8.30. The molecule has 4 amide bonds. The summed E-state index contributed by atoms with van der Waals surface area (Å²) in [7, 11) is 0. The van der Waals surface area contributed by atoms with Gasteiger partial charge >= 0.3 is 6.03 Å². The Hall–Kier alpha value is -2.93. The van der Waals surface area contributed by atoms with Gasteiger partial charge in [-0.25, -0.2) is 9.18 Å². The Labute approximate surface area is 186 Å². The van der Waals surface area contributed by atoms with Gasteiger partial charge in [0.2, 0.25) is 5.91 Å². The minimum absolute atomic E-state index is 0.0183. The molecule has 1 N–H and O–H groups in total. The van der Waals surface area contributed by atoms with Crippen molar-refractivity contribution in [2.45, 2.75) is 45.3 Å². The monoisotopic (exact) mass is 445 g/mol. The lowest BCUT2D eigenvalue weighted by molar-refractivity contribution is -0.142. The first-order chi connectivity index (χ1) is 14.4. The minimum atomic E-state index is -1.49. The second-order valence-corrected chi connectivity index (χ2v) is 9.11. The Kier molecular flexibility index (Phi) is 6.09. The Morgan fingerprint density at radius 3 is 2.39 bits per heavy atom. The van der Waals surface area contributed by atoms with Crippen LogP contribution in [-0.2, 0) is 21.7 Å². The number of urea groups is 1. The van der Waals surface area contributed by atoms with Crippen LogP contribution < -0.4 is 5.32 Å². The first-order valence-corrected chi connectivity index (χ1v) is 10.3. The summed E-state index contributed by atoms with van der Waals surface area (Å²) >= 11 is 6.13. The molecule has 3 rings (SSSR count). The van der Waals surface area contributed by atoms with Crippen molar-refractivity contribution >= 4 is 29.4 Å². The third-order valence-electron chi connectivity index (χ3n) is 5.33. The number of rotatable bonds is 5. The predicted octanol–water partition coefficient (Wildman–Crippen LogP) is 4.07. The molecule has 31 heavy (non-hydrogen) atoms. The molecule has 1 atom stereocenters. The highest BCUT2D eigenvalue weighted by molar-refractivity contribution is 6.32. The van der Waals surface area contributed by atoms with E-state index in [2.05, 4.69) is 5.32 Å². The molecular weight excluding hydrogens is 421 g/mol. The molecule has 0 saturated carbocycles. The molecule has 1 aliphatic rings. The molecule has 1 aliphatic heterocycles. The molecule has 1 unspecified atom stereocenters. The van der Waals surface area contributed by atoms with Crippen molar-refractivity contribution < 1.29 is 18.8 Å². The highest BCUT2D eigenvalue weighted by Crippen LogP contribution is 2.34. The van der Waals surface area contributed by atoms with Crippen molar-refractivity contribution in [1.29, 1.82) is 0 Å². The highest BCUT2D eigenvalue weighted by atomic mass is 35.5. The summed E-state index contributed by atoms with van der Waals surface area (Å²) in [4.78, 5) is 41.5. The fraction of sp³-hybridized carbons (Fsp3) is 0.348. The van der Waals surface area contributed by atoms with Crippen LogP contribution in [0.4, 0.5) is 9.18 Å². The maximum absolute atomic E-state index is 13.4. The maximum atomic E-state index is 13.4. The van der Waals surface area contributed by atoms with Gasteiger partial charge in [-0.1, -0.05) is 48.0 Å². The van der Waals surface area contributed by atoms with E-state index in [1.165, 1.54) is 19.1 Å². The van der Waals surface area contributed by atoms with Crippen molar-refractivity contribution in [1.82, 2.24) is 15.1 Å². The van der Waals surface area contributed by atoms with Gasteiger partial charge in [-0.05, 0) is 45.4 Å². The molecular formula is C23H25ClFN3O3. The Balaban J connectivity index is 1.84. The molecule has 1 saturated heterocycles. The van der Waals surface area contributed by atoms with Crippen molar-refractivity contribution in [2.75, 3.05) is 6.54 Å². The fourth-order valence-electron chi connectivity index (χ4n) is 3.60.